The van der Waals surface area contributed by atoms with Crippen molar-refractivity contribution in [1.82, 2.24) is 10.6 Å². The van der Waals surface area contributed by atoms with Gasteiger partial charge in [-0.2, -0.15) is 13.2 Å². The molecule has 2 fully saturated rings. The van der Waals surface area contributed by atoms with E-state index in [1.54, 1.807) is 0 Å². The maximum absolute atomic E-state index is 13.2. The molecule has 4 rings (SSSR count). The van der Waals surface area contributed by atoms with Gasteiger partial charge in [0.1, 0.15) is 6.04 Å². The van der Waals surface area contributed by atoms with E-state index in [9.17, 15) is 22.8 Å². The zero-order valence-corrected chi connectivity index (χ0v) is 19.0. The van der Waals surface area contributed by atoms with Crippen LogP contribution in [0, 0.1) is 0 Å². The van der Waals surface area contributed by atoms with Crippen molar-refractivity contribution in [1.29, 1.82) is 0 Å². The maximum atomic E-state index is 13.2. The molecule has 2 aromatic rings. The van der Waals surface area contributed by atoms with Crippen LogP contribution in [0.1, 0.15) is 72.5 Å². The van der Waals surface area contributed by atoms with Crippen molar-refractivity contribution in [3.63, 3.8) is 0 Å². The van der Waals surface area contributed by atoms with Crippen molar-refractivity contribution in [3.05, 3.63) is 65.2 Å². The third-order valence-electron chi connectivity index (χ3n) is 6.64. The van der Waals surface area contributed by atoms with Gasteiger partial charge in [-0.15, -0.1) is 0 Å². The summed E-state index contributed by atoms with van der Waals surface area (Å²) >= 11 is 0. The molecule has 0 bridgehead atoms. The minimum atomic E-state index is -4.56. The molecule has 1 aliphatic carbocycles. The predicted molar refractivity (Wildman–Crippen MR) is 125 cm³/mol. The molecule has 8 heteroatoms. The summed E-state index contributed by atoms with van der Waals surface area (Å²) in [6.45, 7) is 1.97. The maximum Gasteiger partial charge on any atom is 0.416 e. The molecule has 5 nitrogen and oxygen atoms in total. The second-order valence-corrected chi connectivity index (χ2v) is 9.11. The number of anilines is 1. The van der Waals surface area contributed by atoms with Crippen molar-refractivity contribution in [3.8, 4) is 0 Å². The molecule has 2 amide bonds. The van der Waals surface area contributed by atoms with Gasteiger partial charge in [-0.25, -0.2) is 0 Å². The van der Waals surface area contributed by atoms with E-state index in [2.05, 4.69) is 15.5 Å². The molecule has 2 N–H and O–H groups in total. The van der Waals surface area contributed by atoms with Gasteiger partial charge in [-0.3, -0.25) is 9.59 Å². The average Bonchev–Trinajstić information content (AvgIpc) is 3.38. The number of carbonyl (C=O) groups excluding carboxylic acids is 2. The molecule has 1 saturated heterocycles. The van der Waals surface area contributed by atoms with E-state index in [1.165, 1.54) is 12.1 Å². The highest BCUT2D eigenvalue weighted by atomic mass is 19.4. The van der Waals surface area contributed by atoms with Gasteiger partial charge in [0.15, 0.2) is 0 Å². The van der Waals surface area contributed by atoms with E-state index < -0.39 is 23.7 Å². The quantitative estimate of drug-likeness (QED) is 0.604. The molecule has 1 saturated carbocycles. The normalized spacial score (nSPS) is 17.9. The Morgan fingerprint density at radius 3 is 2.24 bits per heavy atom. The molecule has 0 aromatic heterocycles. The van der Waals surface area contributed by atoms with Crippen molar-refractivity contribution in [2.24, 2.45) is 0 Å². The van der Waals surface area contributed by atoms with E-state index in [0.717, 1.165) is 75.9 Å². The number of halogens is 3. The van der Waals surface area contributed by atoms with Crippen molar-refractivity contribution in [2.75, 3.05) is 18.0 Å². The molecule has 1 aliphatic heterocycles. The molecule has 34 heavy (non-hydrogen) atoms. The smallest absolute Gasteiger partial charge is 0.372 e. The summed E-state index contributed by atoms with van der Waals surface area (Å²) in [7, 11) is 0. The van der Waals surface area contributed by atoms with E-state index >= 15 is 0 Å². The number of amides is 2. The lowest BCUT2D eigenvalue weighted by Crippen LogP contribution is -2.45. The Balaban J connectivity index is 1.55. The van der Waals surface area contributed by atoms with Crippen LogP contribution in [0.3, 0.4) is 0 Å². The fraction of sp³-hybridized carbons (Fsp3) is 0.462. The monoisotopic (exact) mass is 473 g/mol. The van der Waals surface area contributed by atoms with Crippen molar-refractivity contribution < 1.29 is 22.8 Å². The fourth-order valence-corrected chi connectivity index (χ4v) is 4.74. The van der Waals surface area contributed by atoms with Crippen LogP contribution in [0.5, 0.6) is 0 Å². The summed E-state index contributed by atoms with van der Waals surface area (Å²) < 4.78 is 39.3. The van der Waals surface area contributed by atoms with Gasteiger partial charge in [-0.05, 0) is 61.6 Å². The van der Waals surface area contributed by atoms with Gasteiger partial charge in [0.05, 0.1) is 5.56 Å². The first-order valence-corrected chi connectivity index (χ1v) is 11.9. The molecular formula is C26H30F3N3O2. The van der Waals surface area contributed by atoms with Gasteiger partial charge in [0.25, 0.3) is 5.91 Å². The lowest BCUT2D eigenvalue weighted by Gasteiger charge is -2.26. The Labute approximate surface area is 197 Å². The number of rotatable bonds is 6. The van der Waals surface area contributed by atoms with E-state index in [4.69, 9.17) is 0 Å². The summed E-state index contributed by atoms with van der Waals surface area (Å²) in [5.74, 6) is -1.07. The van der Waals surface area contributed by atoms with Crippen LogP contribution in [-0.2, 0) is 11.0 Å². The highest BCUT2D eigenvalue weighted by Crippen LogP contribution is 2.30. The lowest BCUT2D eigenvalue weighted by molar-refractivity contribution is -0.137. The molecule has 182 valence electrons. The average molecular weight is 474 g/mol. The number of nitrogens with zero attached hydrogens (tertiary/aromatic N) is 1. The van der Waals surface area contributed by atoms with Crippen LogP contribution in [0.25, 0.3) is 0 Å². The highest BCUT2D eigenvalue weighted by Gasteiger charge is 2.32. The molecule has 2 aliphatic rings. The van der Waals surface area contributed by atoms with Crippen molar-refractivity contribution >= 4 is 17.5 Å². The Morgan fingerprint density at radius 2 is 1.59 bits per heavy atom. The molecule has 1 atom stereocenters. The first-order valence-electron chi connectivity index (χ1n) is 11.9. The van der Waals surface area contributed by atoms with E-state index in [0.29, 0.717) is 5.56 Å². The second kappa shape index (κ2) is 10.5. The standard InChI is InChI=1S/C26H30F3N3O2/c27-26(28,29)20-8-6-7-19(17-20)24(33)31-23(25(34)30-21-9-2-1-3-10-21)18-11-13-22(14-12-18)32-15-4-5-16-32/h6-8,11-14,17,21,23H,1-5,9-10,15-16H2,(H,30,34)(H,31,33). The SMILES string of the molecule is O=C(NC(C(=O)NC1CCCCC1)c1ccc(N2CCCC2)cc1)c1cccc(C(F)(F)F)c1. The predicted octanol–water partition coefficient (Wildman–Crippen LogP) is 5.23. The number of benzene rings is 2. The van der Waals surface area contributed by atoms with E-state index in [-0.39, 0.29) is 17.5 Å². The first-order chi connectivity index (χ1) is 16.3. The lowest BCUT2D eigenvalue weighted by atomic mass is 9.95. The van der Waals surface area contributed by atoms with E-state index in [1.807, 2.05) is 24.3 Å². The summed E-state index contributed by atoms with van der Waals surface area (Å²) in [4.78, 5) is 28.4. The minimum absolute atomic E-state index is 0.0399. The number of carbonyl (C=O) groups is 2. The Morgan fingerprint density at radius 1 is 0.912 bits per heavy atom. The largest absolute Gasteiger partial charge is 0.416 e. The third kappa shape index (κ3) is 5.90. The molecular weight excluding hydrogens is 443 g/mol. The van der Waals surface area contributed by atoms with Crippen molar-refractivity contribution in [2.45, 2.75) is 63.2 Å². The molecule has 2 aromatic carbocycles. The number of hydrogen-bond acceptors (Lipinski definition) is 3. The van der Waals surface area contributed by atoms with Gasteiger partial charge in [0.2, 0.25) is 5.91 Å². The zero-order valence-electron chi connectivity index (χ0n) is 19.0. The summed E-state index contributed by atoms with van der Waals surface area (Å²) in [5.41, 5.74) is 0.603. The zero-order chi connectivity index (χ0) is 24.1. The Kier molecular flexibility index (Phi) is 7.44. The van der Waals surface area contributed by atoms with Gasteiger partial charge >= 0.3 is 6.18 Å². The number of hydrogen-bond donors (Lipinski definition) is 2. The van der Waals surface area contributed by atoms with Gasteiger partial charge in [0, 0.05) is 30.4 Å². The first kappa shape index (κ1) is 24.1. The van der Waals surface area contributed by atoms with Crippen LogP contribution in [0.15, 0.2) is 48.5 Å². The summed E-state index contributed by atoms with van der Waals surface area (Å²) in [6, 6.07) is 10.8. The van der Waals surface area contributed by atoms with Crippen LogP contribution in [-0.4, -0.2) is 30.9 Å². The molecule has 1 unspecified atom stereocenters. The topological polar surface area (TPSA) is 61.4 Å². The van der Waals surface area contributed by atoms with Crippen LogP contribution < -0.4 is 15.5 Å². The van der Waals surface area contributed by atoms with Crippen LogP contribution in [0.4, 0.5) is 18.9 Å². The number of alkyl halides is 3. The third-order valence-corrected chi connectivity index (χ3v) is 6.64. The van der Waals surface area contributed by atoms with Crippen LogP contribution >= 0.6 is 0 Å². The molecule has 0 radical (unpaired) electrons. The Hall–Kier alpha value is -3.03. The van der Waals surface area contributed by atoms with Gasteiger partial charge in [-0.1, -0.05) is 37.5 Å². The summed E-state index contributed by atoms with van der Waals surface area (Å²) in [6.07, 6.45) is 2.71. The molecule has 1 heterocycles. The fourth-order valence-electron chi connectivity index (χ4n) is 4.74. The minimum Gasteiger partial charge on any atom is -0.372 e. The summed E-state index contributed by atoms with van der Waals surface area (Å²) in [5, 5.41) is 5.71. The van der Waals surface area contributed by atoms with Crippen LogP contribution in [0.2, 0.25) is 0 Å². The van der Waals surface area contributed by atoms with Gasteiger partial charge < -0.3 is 15.5 Å². The highest BCUT2D eigenvalue weighted by molar-refractivity contribution is 5.98. The Bertz CT molecular complexity index is 995. The number of nitrogens with one attached hydrogen (secondary N) is 2. The second-order valence-electron chi connectivity index (χ2n) is 9.11. The molecule has 0 spiro atoms.